The second-order valence-electron chi connectivity index (χ2n) is 5.29. The quantitative estimate of drug-likeness (QED) is 0.482. The SMILES string of the molecule is CCCCCOC(=O)C(C(C)C)N(C)C(=O)OCCC. The van der Waals surface area contributed by atoms with Gasteiger partial charge in [-0.25, -0.2) is 9.59 Å². The highest BCUT2D eigenvalue weighted by Crippen LogP contribution is 2.13. The van der Waals surface area contributed by atoms with Crippen LogP contribution in [0.4, 0.5) is 4.79 Å². The number of unbranched alkanes of at least 4 members (excludes halogenated alkanes) is 2. The summed E-state index contributed by atoms with van der Waals surface area (Å²) in [4.78, 5) is 25.3. The maximum atomic E-state index is 12.1. The van der Waals surface area contributed by atoms with Crippen LogP contribution < -0.4 is 0 Å². The molecule has 0 saturated heterocycles. The van der Waals surface area contributed by atoms with E-state index in [1.54, 1.807) is 7.05 Å². The first-order valence-electron chi connectivity index (χ1n) is 7.51. The van der Waals surface area contributed by atoms with Crippen molar-refractivity contribution in [2.24, 2.45) is 5.92 Å². The van der Waals surface area contributed by atoms with Gasteiger partial charge >= 0.3 is 12.1 Å². The molecular formula is C15H29NO4. The Hall–Kier alpha value is -1.26. The zero-order valence-corrected chi connectivity index (χ0v) is 13.5. The number of hydrogen-bond donors (Lipinski definition) is 0. The van der Waals surface area contributed by atoms with Crippen LogP contribution in [0.1, 0.15) is 53.4 Å². The molecule has 0 spiro atoms. The minimum atomic E-state index is -0.596. The van der Waals surface area contributed by atoms with E-state index in [2.05, 4.69) is 6.92 Å². The Bertz CT molecular complexity index is 292. The molecule has 118 valence electrons. The van der Waals surface area contributed by atoms with E-state index in [-0.39, 0.29) is 11.9 Å². The summed E-state index contributed by atoms with van der Waals surface area (Å²) in [6.07, 6.45) is 3.25. The fraction of sp³-hybridized carbons (Fsp3) is 0.867. The van der Waals surface area contributed by atoms with E-state index >= 15 is 0 Å². The number of nitrogens with zero attached hydrogens (tertiary/aromatic N) is 1. The van der Waals surface area contributed by atoms with Gasteiger partial charge in [-0.3, -0.25) is 4.90 Å². The van der Waals surface area contributed by atoms with Gasteiger partial charge in [0.1, 0.15) is 6.04 Å². The standard InChI is InChI=1S/C15H29NO4/c1-6-8-9-11-19-14(17)13(12(3)4)16(5)15(18)20-10-7-2/h12-13H,6-11H2,1-5H3. The van der Waals surface area contributed by atoms with Crippen LogP contribution in [-0.2, 0) is 14.3 Å². The first-order valence-corrected chi connectivity index (χ1v) is 7.51. The van der Waals surface area contributed by atoms with Crippen molar-refractivity contribution in [1.29, 1.82) is 0 Å². The number of carbonyl (C=O) groups is 2. The summed E-state index contributed by atoms with van der Waals surface area (Å²) in [6.45, 7) is 8.57. The molecule has 0 aromatic rings. The lowest BCUT2D eigenvalue weighted by Gasteiger charge is -2.28. The minimum absolute atomic E-state index is 0.0205. The third-order valence-electron chi connectivity index (χ3n) is 3.00. The lowest BCUT2D eigenvalue weighted by Crippen LogP contribution is -2.46. The van der Waals surface area contributed by atoms with Crippen molar-refractivity contribution in [1.82, 2.24) is 4.90 Å². The molecule has 0 aliphatic heterocycles. The molecule has 0 rings (SSSR count). The van der Waals surface area contributed by atoms with Gasteiger partial charge in [0, 0.05) is 7.05 Å². The number of esters is 1. The van der Waals surface area contributed by atoms with Gasteiger partial charge in [0.15, 0.2) is 0 Å². The van der Waals surface area contributed by atoms with Gasteiger partial charge in [-0.2, -0.15) is 0 Å². The molecule has 20 heavy (non-hydrogen) atoms. The topological polar surface area (TPSA) is 55.8 Å². The second-order valence-corrected chi connectivity index (χ2v) is 5.29. The average Bonchev–Trinajstić information content (AvgIpc) is 2.40. The summed E-state index contributed by atoms with van der Waals surface area (Å²) in [5, 5.41) is 0. The van der Waals surface area contributed by atoms with E-state index in [0.717, 1.165) is 25.7 Å². The summed E-state index contributed by atoms with van der Waals surface area (Å²) >= 11 is 0. The van der Waals surface area contributed by atoms with Crippen LogP contribution >= 0.6 is 0 Å². The molecule has 0 fully saturated rings. The third-order valence-corrected chi connectivity index (χ3v) is 3.00. The molecule has 5 nitrogen and oxygen atoms in total. The molecule has 0 aromatic carbocycles. The Morgan fingerprint density at radius 1 is 1.00 bits per heavy atom. The van der Waals surface area contributed by atoms with Crippen LogP contribution in [0.25, 0.3) is 0 Å². The van der Waals surface area contributed by atoms with Crippen molar-refractivity contribution in [3.8, 4) is 0 Å². The van der Waals surface area contributed by atoms with Crippen molar-refractivity contribution in [2.75, 3.05) is 20.3 Å². The van der Waals surface area contributed by atoms with Gasteiger partial charge in [0.05, 0.1) is 13.2 Å². The molecule has 1 atom stereocenters. The van der Waals surface area contributed by atoms with Crippen molar-refractivity contribution in [3.63, 3.8) is 0 Å². The van der Waals surface area contributed by atoms with Gasteiger partial charge in [0.2, 0.25) is 0 Å². The first-order chi connectivity index (χ1) is 9.45. The van der Waals surface area contributed by atoms with Crippen LogP contribution in [0, 0.1) is 5.92 Å². The average molecular weight is 287 g/mol. The zero-order valence-electron chi connectivity index (χ0n) is 13.5. The summed E-state index contributed by atoms with van der Waals surface area (Å²) in [5.74, 6) is -0.375. The fourth-order valence-corrected chi connectivity index (χ4v) is 1.89. The third kappa shape index (κ3) is 6.78. The largest absolute Gasteiger partial charge is 0.464 e. The summed E-state index contributed by atoms with van der Waals surface area (Å²) in [7, 11) is 1.58. The molecule has 5 heteroatoms. The molecule has 0 radical (unpaired) electrons. The minimum Gasteiger partial charge on any atom is -0.464 e. The lowest BCUT2D eigenvalue weighted by atomic mass is 10.0. The molecule has 0 bridgehead atoms. The van der Waals surface area contributed by atoms with E-state index in [4.69, 9.17) is 9.47 Å². The number of carbonyl (C=O) groups excluding carboxylic acids is 2. The molecule has 0 aliphatic rings. The summed E-state index contributed by atoms with van der Waals surface area (Å²) < 4.78 is 10.3. The van der Waals surface area contributed by atoms with Crippen molar-refractivity contribution in [2.45, 2.75) is 59.4 Å². The summed E-state index contributed by atoms with van der Waals surface area (Å²) in [5.41, 5.74) is 0. The molecule has 0 aliphatic carbocycles. The smallest absolute Gasteiger partial charge is 0.410 e. The molecule has 0 saturated carbocycles. The van der Waals surface area contributed by atoms with E-state index in [0.29, 0.717) is 13.2 Å². The van der Waals surface area contributed by atoms with Crippen LogP contribution in [0.15, 0.2) is 0 Å². The predicted octanol–water partition coefficient (Wildman–Crippen LogP) is 3.22. The molecule has 0 aromatic heterocycles. The van der Waals surface area contributed by atoms with Crippen molar-refractivity contribution < 1.29 is 19.1 Å². The van der Waals surface area contributed by atoms with E-state index in [1.807, 2.05) is 20.8 Å². The van der Waals surface area contributed by atoms with Crippen LogP contribution in [0.5, 0.6) is 0 Å². The number of rotatable bonds is 9. The van der Waals surface area contributed by atoms with E-state index < -0.39 is 12.1 Å². The Balaban J connectivity index is 4.46. The summed E-state index contributed by atoms with van der Waals surface area (Å²) in [6, 6.07) is -0.596. The van der Waals surface area contributed by atoms with Crippen molar-refractivity contribution in [3.05, 3.63) is 0 Å². The normalized spacial score (nSPS) is 12.1. The van der Waals surface area contributed by atoms with Gasteiger partial charge in [-0.15, -0.1) is 0 Å². The molecule has 0 N–H and O–H groups in total. The molecule has 1 amide bonds. The Labute approximate surface area is 122 Å². The van der Waals surface area contributed by atoms with E-state index in [1.165, 1.54) is 4.90 Å². The number of ether oxygens (including phenoxy) is 2. The van der Waals surface area contributed by atoms with Gasteiger partial charge in [0.25, 0.3) is 0 Å². The van der Waals surface area contributed by atoms with E-state index in [9.17, 15) is 9.59 Å². The highest BCUT2D eigenvalue weighted by molar-refractivity contribution is 5.81. The highest BCUT2D eigenvalue weighted by Gasteiger charge is 2.31. The molecular weight excluding hydrogens is 258 g/mol. The molecule has 0 heterocycles. The van der Waals surface area contributed by atoms with Crippen molar-refractivity contribution >= 4 is 12.1 Å². The zero-order chi connectivity index (χ0) is 15.5. The Kier molecular flexibility index (Phi) is 9.86. The van der Waals surface area contributed by atoms with Crippen LogP contribution in [-0.4, -0.2) is 43.3 Å². The monoisotopic (exact) mass is 287 g/mol. The van der Waals surface area contributed by atoms with Crippen LogP contribution in [0.3, 0.4) is 0 Å². The second kappa shape index (κ2) is 10.5. The Morgan fingerprint density at radius 3 is 2.15 bits per heavy atom. The van der Waals surface area contributed by atoms with Gasteiger partial charge in [-0.1, -0.05) is 40.5 Å². The maximum Gasteiger partial charge on any atom is 0.410 e. The van der Waals surface area contributed by atoms with Gasteiger partial charge in [-0.05, 0) is 18.8 Å². The van der Waals surface area contributed by atoms with Gasteiger partial charge < -0.3 is 9.47 Å². The highest BCUT2D eigenvalue weighted by atomic mass is 16.6. The maximum absolute atomic E-state index is 12.1. The lowest BCUT2D eigenvalue weighted by molar-refractivity contribution is -0.150. The van der Waals surface area contributed by atoms with Crippen LogP contribution in [0.2, 0.25) is 0 Å². The molecule has 1 unspecified atom stereocenters. The number of hydrogen-bond acceptors (Lipinski definition) is 4. The first kappa shape index (κ1) is 18.7. The predicted molar refractivity (Wildman–Crippen MR) is 78.5 cm³/mol. The fourth-order valence-electron chi connectivity index (χ4n) is 1.89. The Morgan fingerprint density at radius 2 is 1.65 bits per heavy atom. The number of likely N-dealkylation sites (N-methyl/N-ethyl adjacent to an activating group) is 1. The number of amides is 1.